The van der Waals surface area contributed by atoms with Gasteiger partial charge in [-0.25, -0.2) is 0 Å². The van der Waals surface area contributed by atoms with Crippen LogP contribution in [0.2, 0.25) is 0 Å². The van der Waals surface area contributed by atoms with E-state index in [0.717, 1.165) is 19.3 Å². The van der Waals surface area contributed by atoms with E-state index in [4.69, 9.17) is 4.74 Å². The van der Waals surface area contributed by atoms with Crippen LogP contribution in [-0.2, 0) is 4.74 Å². The van der Waals surface area contributed by atoms with Gasteiger partial charge in [-0.2, -0.15) is 13.2 Å². The maximum atomic E-state index is 12.0. The topological polar surface area (TPSA) is 21.3 Å². The molecule has 1 rings (SSSR count). The van der Waals surface area contributed by atoms with E-state index in [1.807, 2.05) is 7.05 Å². The Morgan fingerprint density at radius 1 is 1.29 bits per heavy atom. The van der Waals surface area contributed by atoms with Crippen molar-refractivity contribution in [3.63, 3.8) is 0 Å². The highest BCUT2D eigenvalue weighted by molar-refractivity contribution is 4.83. The van der Waals surface area contributed by atoms with Crippen LogP contribution in [0, 0.1) is 5.92 Å². The average molecular weight is 253 g/mol. The third-order valence-corrected chi connectivity index (χ3v) is 3.36. The summed E-state index contributed by atoms with van der Waals surface area (Å²) in [7, 11) is 1.88. The van der Waals surface area contributed by atoms with Crippen molar-refractivity contribution in [1.29, 1.82) is 0 Å². The fourth-order valence-corrected chi connectivity index (χ4v) is 2.35. The van der Waals surface area contributed by atoms with E-state index in [-0.39, 0.29) is 25.2 Å². The van der Waals surface area contributed by atoms with Crippen molar-refractivity contribution in [2.24, 2.45) is 5.92 Å². The van der Waals surface area contributed by atoms with Crippen LogP contribution >= 0.6 is 0 Å². The van der Waals surface area contributed by atoms with Crippen LogP contribution in [-0.4, -0.2) is 32.0 Å². The Kier molecular flexibility index (Phi) is 5.73. The van der Waals surface area contributed by atoms with Gasteiger partial charge in [0, 0.05) is 19.1 Å². The fraction of sp³-hybridized carbons (Fsp3) is 1.00. The fourth-order valence-electron chi connectivity index (χ4n) is 2.35. The Morgan fingerprint density at radius 3 is 2.59 bits per heavy atom. The van der Waals surface area contributed by atoms with Gasteiger partial charge < -0.3 is 10.1 Å². The molecule has 2 nitrogen and oxygen atoms in total. The minimum atomic E-state index is -4.06. The monoisotopic (exact) mass is 253 g/mol. The number of rotatable bonds is 5. The van der Waals surface area contributed by atoms with Gasteiger partial charge in [0.2, 0.25) is 0 Å². The predicted octanol–water partition coefficient (Wildman–Crippen LogP) is 3.12. The second-order valence-corrected chi connectivity index (χ2v) is 4.94. The van der Waals surface area contributed by atoms with Gasteiger partial charge in [-0.15, -0.1) is 0 Å². The molecule has 0 saturated heterocycles. The third-order valence-electron chi connectivity index (χ3n) is 3.36. The molecule has 1 aliphatic carbocycles. The second kappa shape index (κ2) is 6.59. The van der Waals surface area contributed by atoms with Gasteiger partial charge in [0.05, 0.1) is 6.10 Å². The zero-order valence-corrected chi connectivity index (χ0v) is 10.5. The first-order valence-electron chi connectivity index (χ1n) is 6.28. The van der Waals surface area contributed by atoms with E-state index >= 15 is 0 Å². The van der Waals surface area contributed by atoms with Crippen LogP contribution in [0.25, 0.3) is 0 Å². The first-order chi connectivity index (χ1) is 7.92. The predicted molar refractivity (Wildman–Crippen MR) is 60.9 cm³/mol. The van der Waals surface area contributed by atoms with Crippen molar-refractivity contribution in [3.05, 3.63) is 0 Å². The van der Waals surface area contributed by atoms with E-state index in [1.54, 1.807) is 0 Å². The number of alkyl halides is 3. The molecule has 0 aromatic carbocycles. The van der Waals surface area contributed by atoms with Gasteiger partial charge >= 0.3 is 6.18 Å². The Balaban J connectivity index is 2.23. The van der Waals surface area contributed by atoms with Crippen molar-refractivity contribution in [2.75, 3.05) is 13.7 Å². The summed E-state index contributed by atoms with van der Waals surface area (Å²) in [5, 5.41) is 3.18. The lowest BCUT2D eigenvalue weighted by atomic mass is 9.85. The van der Waals surface area contributed by atoms with E-state index in [2.05, 4.69) is 12.2 Å². The standard InChI is InChI=1S/C12H22F3NO/c1-9-4-5-10(16-2)11(8-9)17-7-3-6-12(13,14)15/h9-11,16H,3-8H2,1-2H3. The summed E-state index contributed by atoms with van der Waals surface area (Å²) in [4.78, 5) is 0. The van der Waals surface area contributed by atoms with Crippen LogP contribution in [0.4, 0.5) is 13.2 Å². The molecule has 1 saturated carbocycles. The molecule has 0 aromatic rings. The molecular formula is C12H22F3NO. The zero-order chi connectivity index (χ0) is 12.9. The molecule has 0 aliphatic heterocycles. The SMILES string of the molecule is CNC1CCC(C)CC1OCCCC(F)(F)F. The first-order valence-corrected chi connectivity index (χ1v) is 6.28. The van der Waals surface area contributed by atoms with Crippen molar-refractivity contribution in [1.82, 2.24) is 5.32 Å². The van der Waals surface area contributed by atoms with Gasteiger partial charge in [0.25, 0.3) is 0 Å². The number of hydrogen-bond acceptors (Lipinski definition) is 2. The molecule has 17 heavy (non-hydrogen) atoms. The highest BCUT2D eigenvalue weighted by atomic mass is 19.4. The molecule has 0 spiro atoms. The summed E-state index contributed by atoms with van der Waals surface area (Å²) in [5.41, 5.74) is 0. The number of halogens is 3. The van der Waals surface area contributed by atoms with Crippen LogP contribution < -0.4 is 5.32 Å². The van der Waals surface area contributed by atoms with Crippen molar-refractivity contribution >= 4 is 0 Å². The molecule has 1 aliphatic rings. The van der Waals surface area contributed by atoms with Crippen LogP contribution in [0.1, 0.15) is 39.0 Å². The lowest BCUT2D eigenvalue weighted by Crippen LogP contribution is -2.43. The minimum Gasteiger partial charge on any atom is -0.377 e. The molecule has 0 amide bonds. The van der Waals surface area contributed by atoms with Gasteiger partial charge in [-0.3, -0.25) is 0 Å². The molecule has 102 valence electrons. The van der Waals surface area contributed by atoms with Gasteiger partial charge in [0.1, 0.15) is 0 Å². The summed E-state index contributed by atoms with van der Waals surface area (Å²) in [5.74, 6) is 0.604. The summed E-state index contributed by atoms with van der Waals surface area (Å²) >= 11 is 0. The lowest BCUT2D eigenvalue weighted by Gasteiger charge is -2.34. The molecular weight excluding hydrogens is 231 g/mol. The normalized spacial score (nSPS) is 30.5. The Morgan fingerprint density at radius 2 is 2.00 bits per heavy atom. The summed E-state index contributed by atoms with van der Waals surface area (Å²) in [6.45, 7) is 2.37. The maximum Gasteiger partial charge on any atom is 0.389 e. The molecule has 0 aromatic heterocycles. The third kappa shape index (κ3) is 5.73. The van der Waals surface area contributed by atoms with Gasteiger partial charge in [0.15, 0.2) is 0 Å². The quantitative estimate of drug-likeness (QED) is 0.760. The molecule has 3 unspecified atom stereocenters. The van der Waals surface area contributed by atoms with Crippen molar-refractivity contribution in [3.8, 4) is 0 Å². The van der Waals surface area contributed by atoms with E-state index < -0.39 is 12.6 Å². The molecule has 1 fully saturated rings. The van der Waals surface area contributed by atoms with Gasteiger partial charge in [-0.1, -0.05) is 6.92 Å². The second-order valence-electron chi connectivity index (χ2n) is 4.94. The summed E-state index contributed by atoms with van der Waals surface area (Å²) in [6, 6.07) is 0.289. The summed E-state index contributed by atoms with van der Waals surface area (Å²) in [6.07, 6.45) is -1.54. The van der Waals surface area contributed by atoms with E-state index in [1.165, 1.54) is 0 Å². The maximum absolute atomic E-state index is 12.0. The Hall–Kier alpha value is -0.290. The van der Waals surface area contributed by atoms with Crippen LogP contribution in [0.15, 0.2) is 0 Å². The molecule has 3 atom stereocenters. The smallest absolute Gasteiger partial charge is 0.377 e. The van der Waals surface area contributed by atoms with Gasteiger partial charge in [-0.05, 0) is 38.6 Å². The molecule has 5 heteroatoms. The number of nitrogens with one attached hydrogen (secondary N) is 1. The summed E-state index contributed by atoms with van der Waals surface area (Å²) < 4.78 is 41.5. The molecule has 0 radical (unpaired) electrons. The van der Waals surface area contributed by atoms with Crippen LogP contribution in [0.3, 0.4) is 0 Å². The lowest BCUT2D eigenvalue weighted by molar-refractivity contribution is -0.139. The number of hydrogen-bond donors (Lipinski definition) is 1. The van der Waals surface area contributed by atoms with Crippen LogP contribution in [0.5, 0.6) is 0 Å². The van der Waals surface area contributed by atoms with Crippen molar-refractivity contribution < 1.29 is 17.9 Å². The Labute approximate surface area is 101 Å². The molecule has 0 bridgehead atoms. The van der Waals surface area contributed by atoms with E-state index in [9.17, 15) is 13.2 Å². The largest absolute Gasteiger partial charge is 0.389 e. The highest BCUT2D eigenvalue weighted by Gasteiger charge is 2.29. The Bertz CT molecular complexity index is 220. The average Bonchev–Trinajstić information content (AvgIpc) is 2.23. The van der Waals surface area contributed by atoms with E-state index in [0.29, 0.717) is 5.92 Å². The number of ether oxygens (including phenoxy) is 1. The zero-order valence-electron chi connectivity index (χ0n) is 10.5. The molecule has 0 heterocycles. The number of likely N-dealkylation sites (N-methyl/N-ethyl adjacent to an activating group) is 1. The highest BCUT2D eigenvalue weighted by Crippen LogP contribution is 2.27. The minimum absolute atomic E-state index is 0.0603. The molecule has 1 N–H and O–H groups in total. The first kappa shape index (κ1) is 14.8. The van der Waals surface area contributed by atoms with Crippen molar-refractivity contribution in [2.45, 2.75) is 57.3 Å².